The number of aromatic amines is 2. The molecule has 1 atom stereocenters. The van der Waals surface area contributed by atoms with Gasteiger partial charge in [0.05, 0.1) is 10.9 Å². The monoisotopic (exact) mass is 398 g/mol. The molecule has 4 rings (SSSR count). The number of benzene rings is 2. The van der Waals surface area contributed by atoms with Gasteiger partial charge in [-0.1, -0.05) is 18.2 Å². The summed E-state index contributed by atoms with van der Waals surface area (Å²) < 4.78 is 42.2. The summed E-state index contributed by atoms with van der Waals surface area (Å²) >= 11 is 0. The van der Waals surface area contributed by atoms with E-state index < -0.39 is 16.1 Å². The number of halogens is 1. The number of aromatic nitrogens is 3. The molecule has 0 saturated heterocycles. The van der Waals surface area contributed by atoms with Crippen LogP contribution in [0.5, 0.6) is 0 Å². The Bertz CT molecular complexity index is 1220. The summed E-state index contributed by atoms with van der Waals surface area (Å²) in [5, 5.41) is 0.762. The molecule has 0 fully saturated rings. The fourth-order valence-corrected chi connectivity index (χ4v) is 4.51. The van der Waals surface area contributed by atoms with Crippen LogP contribution >= 0.6 is 0 Å². The molecule has 0 aliphatic carbocycles. The van der Waals surface area contributed by atoms with Gasteiger partial charge in [0, 0.05) is 35.4 Å². The predicted molar refractivity (Wildman–Crippen MR) is 105 cm³/mol. The number of aryl methyl sites for hydroxylation is 1. The van der Waals surface area contributed by atoms with Crippen molar-refractivity contribution < 1.29 is 12.8 Å². The van der Waals surface area contributed by atoms with Gasteiger partial charge >= 0.3 is 0 Å². The van der Waals surface area contributed by atoms with Crippen LogP contribution in [0.25, 0.3) is 10.9 Å². The molecule has 2 aromatic carbocycles. The second kappa shape index (κ2) is 7.21. The van der Waals surface area contributed by atoms with Gasteiger partial charge < -0.3 is 9.97 Å². The van der Waals surface area contributed by atoms with E-state index in [4.69, 9.17) is 0 Å². The first-order valence-electron chi connectivity index (χ1n) is 8.77. The Morgan fingerprint density at radius 1 is 1.18 bits per heavy atom. The molecule has 8 heteroatoms. The number of fused-ring (bicyclic) bond motifs is 1. The third-order valence-electron chi connectivity index (χ3n) is 4.58. The van der Waals surface area contributed by atoms with Crippen molar-refractivity contribution in [2.24, 2.45) is 0 Å². The van der Waals surface area contributed by atoms with Crippen LogP contribution in [-0.4, -0.2) is 23.4 Å². The fraction of sp³-hybridized carbons (Fsp3) is 0.150. The third-order valence-corrected chi connectivity index (χ3v) is 6.07. The topological polar surface area (TPSA) is 90.6 Å². The minimum Gasteiger partial charge on any atom is -0.361 e. The van der Waals surface area contributed by atoms with Crippen molar-refractivity contribution >= 4 is 20.9 Å². The van der Waals surface area contributed by atoms with E-state index >= 15 is 0 Å². The fourth-order valence-electron chi connectivity index (χ4n) is 3.27. The van der Waals surface area contributed by atoms with Crippen molar-refractivity contribution in [3.05, 3.63) is 83.8 Å². The zero-order valence-electron chi connectivity index (χ0n) is 15.1. The third kappa shape index (κ3) is 3.69. The standard InChI is InChI=1S/C20H19FN4O2S/c1-13-22-11-15(24-13)10-20(25-28(26,27)16-5-3-2-4-6-16)18-12-23-19-9-14(21)7-8-17(18)19/h2-9,11-12,20,23,25H,10H2,1H3,(H,22,24). The van der Waals surface area contributed by atoms with Crippen LogP contribution < -0.4 is 4.72 Å². The smallest absolute Gasteiger partial charge is 0.241 e. The maximum absolute atomic E-state index is 13.5. The first-order chi connectivity index (χ1) is 13.4. The second-order valence-electron chi connectivity index (χ2n) is 6.62. The van der Waals surface area contributed by atoms with Crippen LogP contribution in [0.4, 0.5) is 4.39 Å². The number of nitrogens with zero attached hydrogens (tertiary/aromatic N) is 1. The molecule has 28 heavy (non-hydrogen) atoms. The highest BCUT2D eigenvalue weighted by Gasteiger charge is 2.24. The van der Waals surface area contributed by atoms with Gasteiger partial charge in [-0.05, 0) is 42.8 Å². The lowest BCUT2D eigenvalue weighted by atomic mass is 10.0. The molecular formula is C20H19FN4O2S. The number of H-pyrrole nitrogens is 2. The Labute approximate surface area is 161 Å². The number of sulfonamides is 1. The number of nitrogens with one attached hydrogen (secondary N) is 3. The highest BCUT2D eigenvalue weighted by Crippen LogP contribution is 2.28. The SMILES string of the molecule is Cc1ncc(CC(NS(=O)(=O)c2ccccc2)c2c[nH]c3cc(F)ccc23)[nH]1. The summed E-state index contributed by atoms with van der Waals surface area (Å²) in [6.45, 7) is 1.83. The van der Waals surface area contributed by atoms with E-state index in [2.05, 4.69) is 19.7 Å². The molecule has 4 aromatic rings. The van der Waals surface area contributed by atoms with Gasteiger partial charge in [-0.2, -0.15) is 0 Å². The first-order valence-corrected chi connectivity index (χ1v) is 10.2. The Balaban J connectivity index is 1.75. The molecule has 0 aliphatic rings. The summed E-state index contributed by atoms with van der Waals surface area (Å²) in [6, 6.07) is 12.0. The van der Waals surface area contributed by atoms with Crippen molar-refractivity contribution in [2.45, 2.75) is 24.3 Å². The lowest BCUT2D eigenvalue weighted by molar-refractivity contribution is 0.554. The van der Waals surface area contributed by atoms with E-state index in [-0.39, 0.29) is 10.7 Å². The Morgan fingerprint density at radius 3 is 2.68 bits per heavy atom. The quantitative estimate of drug-likeness (QED) is 0.463. The van der Waals surface area contributed by atoms with Gasteiger partial charge in [-0.3, -0.25) is 0 Å². The van der Waals surface area contributed by atoms with Crippen LogP contribution in [-0.2, 0) is 16.4 Å². The lowest BCUT2D eigenvalue weighted by Gasteiger charge is -2.18. The maximum atomic E-state index is 13.5. The lowest BCUT2D eigenvalue weighted by Crippen LogP contribution is -2.30. The zero-order chi connectivity index (χ0) is 19.7. The van der Waals surface area contributed by atoms with Crippen molar-refractivity contribution in [3.8, 4) is 0 Å². The number of imidazole rings is 1. The van der Waals surface area contributed by atoms with E-state index in [1.807, 2.05) is 6.92 Å². The van der Waals surface area contributed by atoms with Crippen LogP contribution in [0.2, 0.25) is 0 Å². The Morgan fingerprint density at radius 2 is 1.96 bits per heavy atom. The molecule has 144 valence electrons. The highest BCUT2D eigenvalue weighted by atomic mass is 32.2. The zero-order valence-corrected chi connectivity index (χ0v) is 15.9. The predicted octanol–water partition coefficient (Wildman–Crippen LogP) is 3.60. The van der Waals surface area contributed by atoms with Gasteiger partial charge in [-0.25, -0.2) is 22.5 Å². The van der Waals surface area contributed by atoms with Crippen LogP contribution in [0.15, 0.2) is 65.8 Å². The van der Waals surface area contributed by atoms with Gasteiger partial charge in [0.15, 0.2) is 0 Å². The van der Waals surface area contributed by atoms with E-state index in [1.54, 1.807) is 48.8 Å². The largest absolute Gasteiger partial charge is 0.361 e. The number of hydrogen-bond donors (Lipinski definition) is 3. The Hall–Kier alpha value is -2.97. The van der Waals surface area contributed by atoms with Crippen LogP contribution in [0.3, 0.4) is 0 Å². The minimum absolute atomic E-state index is 0.187. The molecule has 0 spiro atoms. The van der Waals surface area contributed by atoms with Crippen molar-refractivity contribution in [1.82, 2.24) is 19.7 Å². The maximum Gasteiger partial charge on any atom is 0.241 e. The van der Waals surface area contributed by atoms with Crippen LogP contribution in [0.1, 0.15) is 23.1 Å². The van der Waals surface area contributed by atoms with Gasteiger partial charge in [-0.15, -0.1) is 0 Å². The molecule has 0 bridgehead atoms. The number of hydrogen-bond acceptors (Lipinski definition) is 3. The number of rotatable bonds is 6. The van der Waals surface area contributed by atoms with Gasteiger partial charge in [0.2, 0.25) is 10.0 Å². The highest BCUT2D eigenvalue weighted by molar-refractivity contribution is 7.89. The summed E-state index contributed by atoms with van der Waals surface area (Å²) in [5.41, 5.74) is 2.15. The van der Waals surface area contributed by atoms with E-state index in [9.17, 15) is 12.8 Å². The molecule has 0 saturated carbocycles. The van der Waals surface area contributed by atoms with Gasteiger partial charge in [0.25, 0.3) is 0 Å². The molecule has 0 aliphatic heterocycles. The summed E-state index contributed by atoms with van der Waals surface area (Å²) in [5.74, 6) is 0.396. The molecule has 2 heterocycles. The molecule has 1 unspecified atom stereocenters. The van der Waals surface area contributed by atoms with E-state index in [1.165, 1.54) is 12.1 Å². The van der Waals surface area contributed by atoms with Crippen molar-refractivity contribution in [2.75, 3.05) is 0 Å². The molecular weight excluding hydrogens is 379 g/mol. The molecule has 6 nitrogen and oxygen atoms in total. The second-order valence-corrected chi connectivity index (χ2v) is 8.33. The average Bonchev–Trinajstić information content (AvgIpc) is 3.27. The van der Waals surface area contributed by atoms with Crippen molar-refractivity contribution in [3.63, 3.8) is 0 Å². The summed E-state index contributed by atoms with van der Waals surface area (Å²) in [6.07, 6.45) is 3.77. The van der Waals surface area contributed by atoms with E-state index in [0.717, 1.165) is 22.5 Å². The summed E-state index contributed by atoms with van der Waals surface area (Å²) in [7, 11) is -3.75. The van der Waals surface area contributed by atoms with Crippen LogP contribution in [0, 0.1) is 12.7 Å². The minimum atomic E-state index is -3.75. The first kappa shape index (κ1) is 18.4. The van der Waals surface area contributed by atoms with E-state index in [0.29, 0.717) is 11.9 Å². The molecule has 2 aromatic heterocycles. The van der Waals surface area contributed by atoms with Gasteiger partial charge in [0.1, 0.15) is 11.6 Å². The van der Waals surface area contributed by atoms with Crippen molar-refractivity contribution in [1.29, 1.82) is 0 Å². The molecule has 3 N–H and O–H groups in total. The Kier molecular flexibility index (Phi) is 4.74. The normalized spacial score (nSPS) is 13.1. The average molecular weight is 398 g/mol. The summed E-state index contributed by atoms with van der Waals surface area (Å²) in [4.78, 5) is 10.5. The molecule has 0 radical (unpaired) electrons. The molecule has 0 amide bonds.